The van der Waals surface area contributed by atoms with Crippen LogP contribution in [0.15, 0.2) is 18.2 Å². The van der Waals surface area contributed by atoms with Crippen LogP contribution in [0.25, 0.3) is 0 Å². The molecule has 0 atom stereocenters. The summed E-state index contributed by atoms with van der Waals surface area (Å²) in [5.74, 6) is 0.503. The van der Waals surface area contributed by atoms with Crippen LogP contribution in [0.5, 0.6) is 0 Å². The molecule has 2 aliphatic heterocycles. The van der Waals surface area contributed by atoms with E-state index in [-0.39, 0.29) is 5.92 Å². The highest BCUT2D eigenvalue weighted by atomic mass is 16.5. The first-order chi connectivity index (χ1) is 10.1. The summed E-state index contributed by atoms with van der Waals surface area (Å²) in [7, 11) is 0. The molecule has 4 heteroatoms. The summed E-state index contributed by atoms with van der Waals surface area (Å²) in [5.41, 5.74) is 4.02. The van der Waals surface area contributed by atoms with Gasteiger partial charge in [0.05, 0.1) is 19.1 Å². The van der Waals surface area contributed by atoms with Crippen LogP contribution in [0.2, 0.25) is 0 Å². The third-order valence-corrected chi connectivity index (χ3v) is 4.53. The third kappa shape index (κ3) is 3.27. The third-order valence-electron chi connectivity index (χ3n) is 4.53. The Morgan fingerprint density at radius 3 is 2.67 bits per heavy atom. The van der Waals surface area contributed by atoms with Gasteiger partial charge in [-0.05, 0) is 25.0 Å². The fourth-order valence-electron chi connectivity index (χ4n) is 3.11. The molecule has 0 N–H and O–H groups in total. The van der Waals surface area contributed by atoms with E-state index in [9.17, 15) is 4.79 Å². The normalized spacial score (nSPS) is 20.4. The lowest BCUT2D eigenvalue weighted by Gasteiger charge is -2.41. The van der Waals surface area contributed by atoms with Crippen molar-refractivity contribution in [3.8, 4) is 0 Å². The molecule has 0 spiro atoms. The van der Waals surface area contributed by atoms with Crippen molar-refractivity contribution in [2.24, 2.45) is 5.92 Å². The summed E-state index contributed by atoms with van der Waals surface area (Å²) in [4.78, 5) is 16.7. The molecule has 0 saturated carbocycles. The average molecular weight is 288 g/mol. The maximum atomic E-state index is 12.3. The Morgan fingerprint density at radius 2 is 1.95 bits per heavy atom. The standard InChI is InChI=1S/C17H24N2O2/c1-13-3-4-14(2)15(9-13)10-18-11-16(12-18)17(20)19-5-7-21-8-6-19/h3-4,9,16H,5-8,10-12H2,1-2H3. The van der Waals surface area contributed by atoms with Crippen LogP contribution >= 0.6 is 0 Å². The maximum absolute atomic E-state index is 12.3. The molecule has 3 rings (SSSR count). The second-order valence-corrected chi connectivity index (χ2v) is 6.26. The van der Waals surface area contributed by atoms with Crippen LogP contribution in [0.4, 0.5) is 0 Å². The number of likely N-dealkylation sites (tertiary alicyclic amines) is 1. The number of amides is 1. The highest BCUT2D eigenvalue weighted by Crippen LogP contribution is 2.23. The lowest BCUT2D eigenvalue weighted by atomic mass is 9.96. The molecule has 2 saturated heterocycles. The lowest BCUT2D eigenvalue weighted by molar-refractivity contribution is -0.145. The molecule has 2 aliphatic rings. The SMILES string of the molecule is Cc1ccc(C)c(CN2CC(C(=O)N3CCOCC3)C2)c1. The fourth-order valence-corrected chi connectivity index (χ4v) is 3.11. The Labute approximate surface area is 126 Å². The highest BCUT2D eigenvalue weighted by molar-refractivity contribution is 5.80. The predicted octanol–water partition coefficient (Wildman–Crippen LogP) is 1.59. The highest BCUT2D eigenvalue weighted by Gasteiger charge is 2.35. The van der Waals surface area contributed by atoms with E-state index in [1.54, 1.807) is 0 Å². The zero-order valence-corrected chi connectivity index (χ0v) is 13.0. The van der Waals surface area contributed by atoms with Gasteiger partial charge >= 0.3 is 0 Å². The average Bonchev–Trinajstić information content (AvgIpc) is 2.46. The molecule has 0 aliphatic carbocycles. The second-order valence-electron chi connectivity index (χ2n) is 6.26. The van der Waals surface area contributed by atoms with Crippen molar-refractivity contribution < 1.29 is 9.53 Å². The number of ether oxygens (including phenoxy) is 1. The molecule has 1 amide bonds. The first kappa shape index (κ1) is 14.5. The van der Waals surface area contributed by atoms with Gasteiger partial charge in [0, 0.05) is 32.7 Å². The van der Waals surface area contributed by atoms with Crippen molar-refractivity contribution in [3.63, 3.8) is 0 Å². The van der Waals surface area contributed by atoms with Gasteiger partial charge < -0.3 is 9.64 Å². The molecule has 1 aromatic rings. The van der Waals surface area contributed by atoms with Gasteiger partial charge in [0.1, 0.15) is 0 Å². The van der Waals surface area contributed by atoms with Gasteiger partial charge in [-0.15, -0.1) is 0 Å². The topological polar surface area (TPSA) is 32.8 Å². The van der Waals surface area contributed by atoms with E-state index < -0.39 is 0 Å². The minimum Gasteiger partial charge on any atom is -0.378 e. The number of rotatable bonds is 3. The molecule has 114 valence electrons. The molecule has 0 aromatic heterocycles. The van der Waals surface area contributed by atoms with Crippen LogP contribution in [0.1, 0.15) is 16.7 Å². The van der Waals surface area contributed by atoms with E-state index in [2.05, 4.69) is 36.9 Å². The Bertz CT molecular complexity index is 518. The maximum Gasteiger partial charge on any atom is 0.228 e. The lowest BCUT2D eigenvalue weighted by Crippen LogP contribution is -2.55. The van der Waals surface area contributed by atoms with E-state index in [0.717, 1.165) is 32.7 Å². The van der Waals surface area contributed by atoms with E-state index in [0.29, 0.717) is 19.1 Å². The molecule has 2 heterocycles. The molecule has 0 unspecified atom stereocenters. The molecule has 2 fully saturated rings. The molecule has 0 radical (unpaired) electrons. The van der Waals surface area contributed by atoms with E-state index in [1.807, 2.05) is 4.90 Å². The Hall–Kier alpha value is -1.39. The van der Waals surface area contributed by atoms with Crippen molar-refractivity contribution in [2.45, 2.75) is 20.4 Å². The summed E-state index contributed by atoms with van der Waals surface area (Å²) in [6.07, 6.45) is 0. The van der Waals surface area contributed by atoms with Gasteiger partial charge in [-0.1, -0.05) is 23.8 Å². The quantitative estimate of drug-likeness (QED) is 0.847. The fraction of sp³-hybridized carbons (Fsp3) is 0.588. The number of benzene rings is 1. The summed E-state index contributed by atoms with van der Waals surface area (Å²) >= 11 is 0. The van der Waals surface area contributed by atoms with Crippen molar-refractivity contribution in [1.29, 1.82) is 0 Å². The van der Waals surface area contributed by atoms with Crippen LogP contribution < -0.4 is 0 Å². The van der Waals surface area contributed by atoms with E-state index >= 15 is 0 Å². The number of nitrogens with zero attached hydrogens (tertiary/aromatic N) is 2. The first-order valence-electron chi connectivity index (χ1n) is 7.78. The zero-order valence-electron chi connectivity index (χ0n) is 13.0. The largest absolute Gasteiger partial charge is 0.378 e. The Balaban J connectivity index is 1.51. The number of hydrogen-bond acceptors (Lipinski definition) is 3. The van der Waals surface area contributed by atoms with E-state index in [4.69, 9.17) is 4.74 Å². The minimum atomic E-state index is 0.188. The zero-order chi connectivity index (χ0) is 14.8. The minimum absolute atomic E-state index is 0.188. The van der Waals surface area contributed by atoms with Crippen LogP contribution in [0.3, 0.4) is 0 Å². The molecule has 21 heavy (non-hydrogen) atoms. The van der Waals surface area contributed by atoms with Gasteiger partial charge in [0.2, 0.25) is 5.91 Å². The summed E-state index contributed by atoms with van der Waals surface area (Å²) in [6, 6.07) is 6.59. The van der Waals surface area contributed by atoms with Gasteiger partial charge in [-0.3, -0.25) is 9.69 Å². The van der Waals surface area contributed by atoms with Crippen LogP contribution in [-0.2, 0) is 16.1 Å². The number of aryl methyl sites for hydroxylation is 2. The van der Waals surface area contributed by atoms with E-state index in [1.165, 1.54) is 16.7 Å². The van der Waals surface area contributed by atoms with Crippen LogP contribution in [-0.4, -0.2) is 55.1 Å². The number of morpholine rings is 1. The first-order valence-corrected chi connectivity index (χ1v) is 7.78. The number of carbonyl (C=O) groups is 1. The van der Waals surface area contributed by atoms with Crippen molar-refractivity contribution in [3.05, 3.63) is 34.9 Å². The van der Waals surface area contributed by atoms with Crippen LogP contribution in [0, 0.1) is 19.8 Å². The summed E-state index contributed by atoms with van der Waals surface area (Å²) < 4.78 is 5.30. The number of carbonyl (C=O) groups excluding carboxylic acids is 1. The van der Waals surface area contributed by atoms with Gasteiger partial charge in [-0.25, -0.2) is 0 Å². The molecular formula is C17H24N2O2. The Kier molecular flexibility index (Phi) is 4.27. The van der Waals surface area contributed by atoms with Gasteiger partial charge in [-0.2, -0.15) is 0 Å². The molecule has 1 aromatic carbocycles. The van der Waals surface area contributed by atoms with Crippen molar-refractivity contribution in [1.82, 2.24) is 9.80 Å². The number of hydrogen-bond donors (Lipinski definition) is 0. The van der Waals surface area contributed by atoms with Crippen molar-refractivity contribution >= 4 is 5.91 Å². The predicted molar refractivity (Wildman–Crippen MR) is 82.1 cm³/mol. The monoisotopic (exact) mass is 288 g/mol. The van der Waals surface area contributed by atoms with Gasteiger partial charge in [0.15, 0.2) is 0 Å². The molecular weight excluding hydrogens is 264 g/mol. The molecule has 4 nitrogen and oxygen atoms in total. The van der Waals surface area contributed by atoms with Gasteiger partial charge in [0.25, 0.3) is 0 Å². The second kappa shape index (κ2) is 6.16. The Morgan fingerprint density at radius 1 is 1.24 bits per heavy atom. The van der Waals surface area contributed by atoms with Crippen molar-refractivity contribution in [2.75, 3.05) is 39.4 Å². The summed E-state index contributed by atoms with van der Waals surface area (Å²) in [6.45, 7) is 9.91. The summed E-state index contributed by atoms with van der Waals surface area (Å²) in [5, 5.41) is 0. The smallest absolute Gasteiger partial charge is 0.228 e. The molecule has 0 bridgehead atoms.